The minimum atomic E-state index is -0.306. The molecule has 1 saturated heterocycles. The largest absolute Gasteiger partial charge is 0.457 e. The first-order valence-corrected chi connectivity index (χ1v) is 10.3. The van der Waals surface area contributed by atoms with Crippen LogP contribution in [0.5, 0.6) is 0 Å². The molecule has 0 aromatic heterocycles. The van der Waals surface area contributed by atoms with Crippen molar-refractivity contribution in [2.75, 3.05) is 13.2 Å². The molecule has 3 aliphatic rings. The molecule has 1 aliphatic heterocycles. The quantitative estimate of drug-likeness (QED) is 0.518. The highest BCUT2D eigenvalue weighted by Crippen LogP contribution is 2.47. The maximum atomic E-state index is 12.9. The van der Waals surface area contributed by atoms with Crippen LogP contribution in [0.25, 0.3) is 0 Å². The normalized spacial score (nSPS) is 25.5. The van der Waals surface area contributed by atoms with Gasteiger partial charge in [-0.25, -0.2) is 4.79 Å². The molecule has 1 unspecified atom stereocenters. The van der Waals surface area contributed by atoms with E-state index in [1.54, 1.807) is 6.92 Å². The SMILES string of the molecule is C/C(=C\[C@@H]1CCCN1C(=O)C1=C[C]1C(C)(C)C)C(=O)OCC1=CCC(C)C=C1. The number of hydrogen-bond donors (Lipinski definition) is 0. The summed E-state index contributed by atoms with van der Waals surface area (Å²) in [6.07, 6.45) is 13.0. The van der Waals surface area contributed by atoms with Crippen molar-refractivity contribution in [3.8, 4) is 0 Å². The zero-order chi connectivity index (χ0) is 20.5. The summed E-state index contributed by atoms with van der Waals surface area (Å²) >= 11 is 0. The number of nitrogens with zero attached hydrogens (tertiary/aromatic N) is 1. The van der Waals surface area contributed by atoms with Crippen molar-refractivity contribution in [2.24, 2.45) is 11.3 Å². The summed E-state index contributed by atoms with van der Waals surface area (Å²) in [5, 5.41) is 0. The summed E-state index contributed by atoms with van der Waals surface area (Å²) in [6, 6.07) is -0.0302. The number of ether oxygens (including phenoxy) is 1. The Morgan fingerprint density at radius 1 is 1.32 bits per heavy atom. The standard InChI is InChI=1S/C24H32NO3/c1-16-8-10-18(11-9-16)15-28-23(27)17(2)13-19-7-6-12-25(19)22(26)20-14-21(20)24(3,4)5/h8,10-11,13-14,16,19H,6-7,9,12,15H2,1-5H3/b17-13+/t16?,19-/m0/s1. The second kappa shape index (κ2) is 8.10. The summed E-state index contributed by atoms with van der Waals surface area (Å²) in [6.45, 7) is 11.4. The summed E-state index contributed by atoms with van der Waals surface area (Å²) in [4.78, 5) is 27.1. The number of esters is 1. The van der Waals surface area contributed by atoms with Crippen LogP contribution in [0, 0.1) is 17.3 Å². The highest BCUT2D eigenvalue weighted by molar-refractivity contribution is 6.04. The number of carbonyl (C=O) groups excluding carboxylic acids is 2. The number of carbonyl (C=O) groups is 2. The van der Waals surface area contributed by atoms with Gasteiger partial charge in [-0.2, -0.15) is 0 Å². The highest BCUT2D eigenvalue weighted by Gasteiger charge is 2.43. The van der Waals surface area contributed by atoms with Gasteiger partial charge in [0.1, 0.15) is 6.61 Å². The Hall–Kier alpha value is -2.10. The van der Waals surface area contributed by atoms with E-state index < -0.39 is 0 Å². The van der Waals surface area contributed by atoms with Gasteiger partial charge in [0, 0.05) is 23.6 Å². The second-order valence-corrected chi connectivity index (χ2v) is 9.21. The third-order valence-corrected chi connectivity index (χ3v) is 5.62. The number of allylic oxidation sites excluding steroid dienone is 3. The summed E-state index contributed by atoms with van der Waals surface area (Å²) in [7, 11) is 0. The number of likely N-dealkylation sites (tertiary alicyclic amines) is 1. The fraction of sp³-hybridized carbons (Fsp3) is 0.542. The lowest BCUT2D eigenvalue weighted by molar-refractivity contribution is -0.138. The summed E-state index contributed by atoms with van der Waals surface area (Å²) in [5.41, 5.74) is 2.47. The van der Waals surface area contributed by atoms with Crippen molar-refractivity contribution in [3.05, 3.63) is 53.0 Å². The van der Waals surface area contributed by atoms with Crippen LogP contribution in [0.3, 0.4) is 0 Å². The van der Waals surface area contributed by atoms with Gasteiger partial charge in [-0.15, -0.1) is 0 Å². The molecular formula is C24H32NO3. The third kappa shape index (κ3) is 4.84. The van der Waals surface area contributed by atoms with E-state index in [0.29, 0.717) is 18.1 Å². The monoisotopic (exact) mass is 382 g/mol. The lowest BCUT2D eigenvalue weighted by atomic mass is 9.87. The van der Waals surface area contributed by atoms with Crippen LogP contribution in [-0.2, 0) is 14.3 Å². The van der Waals surface area contributed by atoms with Crippen molar-refractivity contribution in [3.63, 3.8) is 0 Å². The highest BCUT2D eigenvalue weighted by atomic mass is 16.5. The zero-order valence-electron chi connectivity index (χ0n) is 17.7. The molecule has 151 valence electrons. The Morgan fingerprint density at radius 2 is 2.07 bits per heavy atom. The molecule has 1 radical (unpaired) electrons. The molecule has 2 aliphatic carbocycles. The Labute approximate surface area is 169 Å². The molecule has 28 heavy (non-hydrogen) atoms. The van der Waals surface area contributed by atoms with Crippen molar-refractivity contribution < 1.29 is 14.3 Å². The molecule has 0 bridgehead atoms. The first kappa shape index (κ1) is 20.6. The predicted molar refractivity (Wildman–Crippen MR) is 111 cm³/mol. The molecule has 4 nitrogen and oxygen atoms in total. The maximum absolute atomic E-state index is 12.9. The molecular weight excluding hydrogens is 350 g/mol. The number of hydrogen-bond acceptors (Lipinski definition) is 3. The van der Waals surface area contributed by atoms with E-state index in [1.807, 2.05) is 23.1 Å². The molecule has 1 heterocycles. The van der Waals surface area contributed by atoms with E-state index in [0.717, 1.165) is 42.9 Å². The fourth-order valence-electron chi connectivity index (χ4n) is 3.78. The lowest BCUT2D eigenvalue weighted by Gasteiger charge is -2.24. The third-order valence-electron chi connectivity index (χ3n) is 5.62. The Bertz CT molecular complexity index is 763. The van der Waals surface area contributed by atoms with Gasteiger partial charge in [0.25, 0.3) is 5.91 Å². The average Bonchev–Trinajstić information content (AvgIpc) is 3.34. The van der Waals surface area contributed by atoms with E-state index in [1.165, 1.54) is 0 Å². The summed E-state index contributed by atoms with van der Waals surface area (Å²) in [5.74, 6) is 1.48. The average molecular weight is 383 g/mol. The van der Waals surface area contributed by atoms with E-state index in [9.17, 15) is 9.59 Å². The van der Waals surface area contributed by atoms with Crippen LogP contribution in [0.2, 0.25) is 0 Å². The molecule has 0 aromatic rings. The molecule has 3 rings (SSSR count). The molecule has 0 aromatic carbocycles. The Balaban J connectivity index is 1.55. The van der Waals surface area contributed by atoms with E-state index in [-0.39, 0.29) is 23.3 Å². The van der Waals surface area contributed by atoms with E-state index >= 15 is 0 Å². The molecule has 0 saturated carbocycles. The molecule has 0 spiro atoms. The fourth-order valence-corrected chi connectivity index (χ4v) is 3.78. The lowest BCUT2D eigenvalue weighted by Crippen LogP contribution is -2.35. The minimum Gasteiger partial charge on any atom is -0.457 e. The van der Waals surface area contributed by atoms with Gasteiger partial charge in [0.05, 0.1) is 6.04 Å². The topological polar surface area (TPSA) is 46.6 Å². The maximum Gasteiger partial charge on any atom is 0.333 e. The Morgan fingerprint density at radius 3 is 2.68 bits per heavy atom. The first-order valence-electron chi connectivity index (χ1n) is 10.3. The van der Waals surface area contributed by atoms with Crippen molar-refractivity contribution in [2.45, 2.75) is 59.9 Å². The van der Waals surface area contributed by atoms with Gasteiger partial charge in [-0.05, 0) is 43.1 Å². The van der Waals surface area contributed by atoms with Crippen LogP contribution < -0.4 is 0 Å². The van der Waals surface area contributed by atoms with Crippen molar-refractivity contribution in [1.82, 2.24) is 4.90 Å². The van der Waals surface area contributed by atoms with Gasteiger partial charge < -0.3 is 9.64 Å². The predicted octanol–water partition coefficient (Wildman–Crippen LogP) is 4.55. The summed E-state index contributed by atoms with van der Waals surface area (Å²) < 4.78 is 5.46. The second-order valence-electron chi connectivity index (χ2n) is 9.21. The molecule has 1 amide bonds. The molecule has 4 heteroatoms. The van der Waals surface area contributed by atoms with Crippen LogP contribution in [0.4, 0.5) is 0 Å². The van der Waals surface area contributed by atoms with E-state index in [4.69, 9.17) is 4.74 Å². The van der Waals surface area contributed by atoms with E-state index in [2.05, 4.69) is 39.8 Å². The Kier molecular flexibility index (Phi) is 5.97. The van der Waals surface area contributed by atoms with Crippen LogP contribution in [0.1, 0.15) is 53.9 Å². The van der Waals surface area contributed by atoms with Gasteiger partial charge in [-0.1, -0.05) is 58.1 Å². The van der Waals surface area contributed by atoms with Gasteiger partial charge in [0.15, 0.2) is 0 Å². The van der Waals surface area contributed by atoms with Gasteiger partial charge in [-0.3, -0.25) is 4.79 Å². The van der Waals surface area contributed by atoms with Crippen molar-refractivity contribution >= 4 is 11.9 Å². The van der Waals surface area contributed by atoms with Crippen molar-refractivity contribution in [1.29, 1.82) is 0 Å². The van der Waals surface area contributed by atoms with Crippen LogP contribution in [0.15, 0.2) is 47.1 Å². The minimum absolute atomic E-state index is 0.00974. The zero-order valence-corrected chi connectivity index (χ0v) is 17.7. The van der Waals surface area contributed by atoms with Crippen LogP contribution in [-0.4, -0.2) is 36.0 Å². The first-order chi connectivity index (χ1) is 13.2. The number of rotatable bonds is 5. The molecule has 0 N–H and O–H groups in total. The van der Waals surface area contributed by atoms with Gasteiger partial charge in [0.2, 0.25) is 0 Å². The molecule has 1 fully saturated rings. The smallest absolute Gasteiger partial charge is 0.333 e. The molecule has 2 atom stereocenters. The van der Waals surface area contributed by atoms with Crippen LogP contribution >= 0.6 is 0 Å². The van der Waals surface area contributed by atoms with Gasteiger partial charge >= 0.3 is 5.97 Å². The number of amides is 1.